The van der Waals surface area contributed by atoms with E-state index in [9.17, 15) is 14.0 Å². The van der Waals surface area contributed by atoms with Crippen molar-refractivity contribution >= 4 is 22.8 Å². The molecule has 1 aromatic carbocycles. The fraction of sp³-hybridized carbons (Fsp3) is 0.333. The summed E-state index contributed by atoms with van der Waals surface area (Å²) in [6, 6.07) is 5.46. The Kier molecular flexibility index (Phi) is 7.32. The van der Waals surface area contributed by atoms with Crippen molar-refractivity contribution in [1.82, 2.24) is 4.57 Å². The van der Waals surface area contributed by atoms with Crippen molar-refractivity contribution in [3.05, 3.63) is 47.9 Å². The standard InChI is InChI=1S/C14H19FN2.C4H4O4/c1-9(2)14-11-6-7-17(8-10(3)16)13(11)5-4-12(14)15;5-3(6)1-2-4(7)8/h4-7,9-10H,8,16H2,1-3H3;1-2H,(H,5,6)(H,7,8)/b;2-1+/t10-;/m0./s1. The smallest absolute Gasteiger partial charge is 0.328 e. The van der Waals surface area contributed by atoms with E-state index >= 15 is 0 Å². The molecule has 0 saturated carbocycles. The minimum absolute atomic E-state index is 0.0955. The van der Waals surface area contributed by atoms with Crippen LogP contribution in [0.2, 0.25) is 0 Å². The molecule has 0 aliphatic heterocycles. The molecular weight excluding hydrogens is 327 g/mol. The molecule has 0 fully saturated rings. The van der Waals surface area contributed by atoms with E-state index in [1.807, 2.05) is 39.1 Å². The fourth-order valence-electron chi connectivity index (χ4n) is 2.47. The number of rotatable bonds is 5. The van der Waals surface area contributed by atoms with Crippen LogP contribution in [0.5, 0.6) is 0 Å². The third-order valence-electron chi connectivity index (χ3n) is 3.37. The van der Waals surface area contributed by atoms with E-state index in [2.05, 4.69) is 4.57 Å². The van der Waals surface area contributed by atoms with Gasteiger partial charge in [-0.05, 0) is 36.6 Å². The van der Waals surface area contributed by atoms with Gasteiger partial charge in [0.15, 0.2) is 0 Å². The first-order chi connectivity index (χ1) is 11.6. The maximum Gasteiger partial charge on any atom is 0.328 e. The zero-order chi connectivity index (χ0) is 19.1. The molecule has 6 nitrogen and oxygen atoms in total. The van der Waals surface area contributed by atoms with Gasteiger partial charge in [0.2, 0.25) is 0 Å². The first-order valence-corrected chi connectivity index (χ1v) is 7.80. The van der Waals surface area contributed by atoms with E-state index < -0.39 is 11.9 Å². The number of nitrogens with zero attached hydrogens (tertiary/aromatic N) is 1. The second-order valence-electron chi connectivity index (χ2n) is 6.00. The Bertz CT molecular complexity index is 763. The molecule has 1 heterocycles. The van der Waals surface area contributed by atoms with Crippen LogP contribution in [0.25, 0.3) is 10.9 Å². The van der Waals surface area contributed by atoms with Gasteiger partial charge in [-0.2, -0.15) is 0 Å². The molecule has 0 aliphatic carbocycles. The molecule has 0 aliphatic rings. The fourth-order valence-corrected chi connectivity index (χ4v) is 2.47. The molecule has 1 atom stereocenters. The Hall–Kier alpha value is -2.67. The van der Waals surface area contributed by atoms with Crippen LogP contribution in [-0.4, -0.2) is 32.8 Å². The van der Waals surface area contributed by atoms with Gasteiger partial charge in [-0.3, -0.25) is 0 Å². The first kappa shape index (κ1) is 20.4. The second kappa shape index (κ2) is 8.98. The highest BCUT2D eigenvalue weighted by atomic mass is 19.1. The molecule has 1 aromatic heterocycles. The van der Waals surface area contributed by atoms with Gasteiger partial charge in [-0.1, -0.05) is 13.8 Å². The largest absolute Gasteiger partial charge is 0.478 e. The quantitative estimate of drug-likeness (QED) is 0.719. The molecule has 0 amide bonds. The molecule has 0 unspecified atom stereocenters. The summed E-state index contributed by atoms with van der Waals surface area (Å²) < 4.78 is 15.9. The number of hydrogen-bond acceptors (Lipinski definition) is 3. The Morgan fingerprint density at radius 3 is 2.16 bits per heavy atom. The van der Waals surface area contributed by atoms with Crippen molar-refractivity contribution in [2.24, 2.45) is 5.73 Å². The number of carboxylic acid groups (broad SMARTS) is 2. The van der Waals surface area contributed by atoms with Crippen molar-refractivity contribution in [3.63, 3.8) is 0 Å². The Balaban J connectivity index is 0.000000333. The monoisotopic (exact) mass is 350 g/mol. The van der Waals surface area contributed by atoms with Gasteiger partial charge in [-0.25, -0.2) is 14.0 Å². The minimum atomic E-state index is -1.26. The number of carbonyl (C=O) groups is 2. The van der Waals surface area contributed by atoms with Gasteiger partial charge < -0.3 is 20.5 Å². The Morgan fingerprint density at radius 2 is 1.72 bits per heavy atom. The second-order valence-corrected chi connectivity index (χ2v) is 6.00. The topological polar surface area (TPSA) is 106 Å². The summed E-state index contributed by atoms with van der Waals surface area (Å²) in [5.41, 5.74) is 7.67. The third-order valence-corrected chi connectivity index (χ3v) is 3.37. The van der Waals surface area contributed by atoms with Gasteiger partial charge in [0.25, 0.3) is 0 Å². The van der Waals surface area contributed by atoms with Gasteiger partial charge in [-0.15, -0.1) is 0 Å². The molecule has 0 radical (unpaired) electrons. The third kappa shape index (κ3) is 6.04. The van der Waals surface area contributed by atoms with Crippen LogP contribution in [0.1, 0.15) is 32.3 Å². The van der Waals surface area contributed by atoms with E-state index in [4.69, 9.17) is 15.9 Å². The lowest BCUT2D eigenvalue weighted by atomic mass is 9.99. The van der Waals surface area contributed by atoms with Gasteiger partial charge >= 0.3 is 11.9 Å². The molecule has 2 rings (SSSR count). The average Bonchev–Trinajstić information content (AvgIpc) is 2.87. The van der Waals surface area contributed by atoms with Crippen LogP contribution in [0.3, 0.4) is 0 Å². The van der Waals surface area contributed by atoms with E-state index in [0.717, 1.165) is 23.0 Å². The predicted molar refractivity (Wildman–Crippen MR) is 94.0 cm³/mol. The highest BCUT2D eigenvalue weighted by molar-refractivity contribution is 5.89. The number of aromatic nitrogens is 1. The normalized spacial score (nSPS) is 12.2. The van der Waals surface area contributed by atoms with Crippen LogP contribution < -0.4 is 5.73 Å². The van der Waals surface area contributed by atoms with Crippen molar-refractivity contribution in [3.8, 4) is 0 Å². The Morgan fingerprint density at radius 1 is 1.16 bits per heavy atom. The summed E-state index contributed by atoms with van der Waals surface area (Å²) in [5.74, 6) is -2.45. The van der Waals surface area contributed by atoms with Gasteiger partial charge in [0, 0.05) is 41.8 Å². The number of halogens is 1. The van der Waals surface area contributed by atoms with Crippen molar-refractivity contribution in [2.75, 3.05) is 0 Å². The summed E-state index contributed by atoms with van der Waals surface area (Å²) >= 11 is 0. The van der Waals surface area contributed by atoms with Crippen LogP contribution in [-0.2, 0) is 16.1 Å². The van der Waals surface area contributed by atoms with Crippen LogP contribution in [0, 0.1) is 5.82 Å². The first-order valence-electron chi connectivity index (χ1n) is 7.80. The summed E-state index contributed by atoms with van der Waals surface area (Å²) in [5, 5.41) is 16.6. The number of nitrogens with two attached hydrogens (primary N) is 1. The van der Waals surface area contributed by atoms with E-state index in [-0.39, 0.29) is 17.8 Å². The highest BCUT2D eigenvalue weighted by Crippen LogP contribution is 2.29. The lowest BCUT2D eigenvalue weighted by molar-refractivity contribution is -0.134. The summed E-state index contributed by atoms with van der Waals surface area (Å²) in [6.07, 6.45) is 3.10. The molecule has 0 bridgehead atoms. The van der Waals surface area contributed by atoms with Crippen molar-refractivity contribution in [2.45, 2.75) is 39.3 Å². The number of aliphatic carboxylic acids is 2. The molecule has 4 N–H and O–H groups in total. The van der Waals surface area contributed by atoms with Crippen LogP contribution >= 0.6 is 0 Å². The van der Waals surface area contributed by atoms with Gasteiger partial charge in [0.1, 0.15) is 5.82 Å². The maximum absolute atomic E-state index is 13.8. The zero-order valence-electron chi connectivity index (χ0n) is 14.4. The molecule has 7 heteroatoms. The van der Waals surface area contributed by atoms with E-state index in [1.165, 1.54) is 0 Å². The minimum Gasteiger partial charge on any atom is -0.478 e. The molecule has 2 aromatic rings. The molecule has 0 spiro atoms. The number of carboxylic acids is 2. The van der Waals surface area contributed by atoms with Crippen molar-refractivity contribution < 1.29 is 24.2 Å². The van der Waals surface area contributed by atoms with E-state index in [0.29, 0.717) is 12.2 Å². The Labute approximate surface area is 145 Å². The summed E-state index contributed by atoms with van der Waals surface area (Å²) in [6.45, 7) is 6.76. The number of benzene rings is 1. The average molecular weight is 350 g/mol. The maximum atomic E-state index is 13.8. The van der Waals surface area contributed by atoms with Crippen LogP contribution in [0.4, 0.5) is 4.39 Å². The van der Waals surface area contributed by atoms with Crippen LogP contribution in [0.15, 0.2) is 36.5 Å². The number of hydrogen-bond donors (Lipinski definition) is 3. The molecule has 25 heavy (non-hydrogen) atoms. The lowest BCUT2D eigenvalue weighted by Gasteiger charge is -2.12. The number of fused-ring (bicyclic) bond motifs is 1. The summed E-state index contributed by atoms with van der Waals surface area (Å²) in [4.78, 5) is 19.1. The molecule has 136 valence electrons. The van der Waals surface area contributed by atoms with Gasteiger partial charge in [0.05, 0.1) is 0 Å². The van der Waals surface area contributed by atoms with E-state index in [1.54, 1.807) is 6.07 Å². The SMILES string of the molecule is CC(C)c1c(F)ccc2c1ccn2C[C@H](C)N.O=C(O)/C=C/C(=O)O. The molecule has 0 saturated heterocycles. The van der Waals surface area contributed by atoms with Crippen molar-refractivity contribution in [1.29, 1.82) is 0 Å². The lowest BCUT2D eigenvalue weighted by Crippen LogP contribution is -2.21. The molecular formula is C18H23FN2O4. The highest BCUT2D eigenvalue weighted by Gasteiger charge is 2.13. The zero-order valence-corrected chi connectivity index (χ0v) is 14.4. The summed E-state index contributed by atoms with van der Waals surface area (Å²) in [7, 11) is 0. The predicted octanol–water partition coefficient (Wildman–Crippen LogP) is 2.96.